The number of amides is 2. The maximum absolute atomic E-state index is 11.3. The van der Waals surface area contributed by atoms with Crippen LogP contribution in [0.4, 0.5) is 9.59 Å². The minimum atomic E-state index is -0.957. The first kappa shape index (κ1) is 16.8. The van der Waals surface area contributed by atoms with E-state index in [1.807, 2.05) is 6.92 Å². The van der Waals surface area contributed by atoms with Crippen LogP contribution in [0.5, 0.6) is 5.75 Å². The Kier molecular flexibility index (Phi) is 7.71. The lowest BCUT2D eigenvalue weighted by Crippen LogP contribution is -2.04. The van der Waals surface area contributed by atoms with Gasteiger partial charge in [-0.2, -0.15) is 0 Å². The van der Waals surface area contributed by atoms with E-state index in [0.717, 1.165) is 31.2 Å². The number of nitrogens with zero attached hydrogens (tertiary/aromatic N) is 2. The number of unbranched alkanes of at least 4 members (excludes halogenated alkanes) is 3. The van der Waals surface area contributed by atoms with Crippen molar-refractivity contribution in [2.45, 2.75) is 39.5 Å². The van der Waals surface area contributed by atoms with Gasteiger partial charge in [0.05, 0.1) is 6.61 Å². The van der Waals surface area contributed by atoms with Crippen molar-refractivity contribution in [3.63, 3.8) is 0 Å². The summed E-state index contributed by atoms with van der Waals surface area (Å²) < 4.78 is 9.67. The number of carbonyl (C=O) groups is 2. The number of aryl methyl sites for hydroxylation is 1. The molecule has 0 spiro atoms. The minimum Gasteiger partial charge on any atom is -0.447 e. The van der Waals surface area contributed by atoms with Gasteiger partial charge < -0.3 is 9.47 Å². The molecule has 21 heavy (non-hydrogen) atoms. The minimum absolute atomic E-state index is 0.283. The summed E-state index contributed by atoms with van der Waals surface area (Å²) in [6.07, 6.45) is 2.15. The predicted molar refractivity (Wildman–Crippen MR) is 77.5 cm³/mol. The van der Waals surface area contributed by atoms with Crippen molar-refractivity contribution in [1.82, 2.24) is 0 Å². The molecule has 2 amide bonds. The first-order valence-corrected chi connectivity index (χ1v) is 6.98. The quantitative estimate of drug-likeness (QED) is 0.564. The molecule has 0 bridgehead atoms. The second-order valence-corrected chi connectivity index (χ2v) is 4.56. The largest absolute Gasteiger partial charge is 0.458 e. The van der Waals surface area contributed by atoms with Crippen LogP contribution >= 0.6 is 0 Å². The number of carbonyl (C=O) groups excluding carboxylic acids is 2. The third-order valence-corrected chi connectivity index (χ3v) is 2.66. The number of ether oxygens (including phenoxy) is 2. The van der Waals surface area contributed by atoms with Crippen LogP contribution in [-0.4, -0.2) is 18.8 Å². The fraction of sp³-hybridized carbons (Fsp3) is 0.467. The van der Waals surface area contributed by atoms with Crippen LogP contribution in [0.25, 0.3) is 0 Å². The highest BCUT2D eigenvalue weighted by Crippen LogP contribution is 2.12. The zero-order valence-electron chi connectivity index (χ0n) is 12.4. The van der Waals surface area contributed by atoms with E-state index in [-0.39, 0.29) is 6.61 Å². The lowest BCUT2D eigenvalue weighted by atomic mass is 10.2. The summed E-state index contributed by atoms with van der Waals surface area (Å²) in [6.45, 7) is 4.30. The molecule has 0 saturated carbocycles. The number of rotatable bonds is 6. The molecule has 0 radical (unpaired) electrons. The highest BCUT2D eigenvalue weighted by Gasteiger charge is 2.05. The predicted octanol–water partition coefficient (Wildman–Crippen LogP) is 4.66. The van der Waals surface area contributed by atoms with E-state index in [0.29, 0.717) is 5.75 Å². The Morgan fingerprint density at radius 1 is 1.00 bits per heavy atom. The lowest BCUT2D eigenvalue weighted by molar-refractivity contribution is 0.152. The van der Waals surface area contributed by atoms with E-state index in [9.17, 15) is 9.59 Å². The molecule has 6 heteroatoms. The molecule has 0 aliphatic carbocycles. The Labute approximate surface area is 124 Å². The summed E-state index contributed by atoms with van der Waals surface area (Å²) in [5.74, 6) is 0.345. The first-order valence-electron chi connectivity index (χ1n) is 6.98. The summed E-state index contributed by atoms with van der Waals surface area (Å²) in [5.41, 5.74) is 1.04. The fourth-order valence-electron chi connectivity index (χ4n) is 1.53. The summed E-state index contributed by atoms with van der Waals surface area (Å²) in [4.78, 5) is 22.5. The van der Waals surface area contributed by atoms with E-state index in [1.54, 1.807) is 24.3 Å². The molecule has 1 aromatic carbocycles. The van der Waals surface area contributed by atoms with Gasteiger partial charge in [-0.1, -0.05) is 54.1 Å². The first-order chi connectivity index (χ1) is 10.1. The molecule has 114 valence electrons. The average Bonchev–Trinajstić information content (AvgIpc) is 2.47. The zero-order chi connectivity index (χ0) is 15.5. The molecular weight excluding hydrogens is 272 g/mol. The summed E-state index contributed by atoms with van der Waals surface area (Å²) in [7, 11) is 0. The smallest absolute Gasteiger partial charge is 0.447 e. The van der Waals surface area contributed by atoms with Gasteiger partial charge in [0, 0.05) is 0 Å². The number of benzene rings is 1. The molecule has 0 aromatic heterocycles. The Bertz CT molecular complexity index is 483. The van der Waals surface area contributed by atoms with Gasteiger partial charge in [0.15, 0.2) is 0 Å². The summed E-state index contributed by atoms with van der Waals surface area (Å²) in [5, 5.41) is 6.29. The van der Waals surface area contributed by atoms with Crippen LogP contribution in [0.1, 0.15) is 38.2 Å². The lowest BCUT2D eigenvalue weighted by Gasteiger charge is -2.01. The van der Waals surface area contributed by atoms with Crippen LogP contribution in [0.15, 0.2) is 34.5 Å². The van der Waals surface area contributed by atoms with Crippen molar-refractivity contribution >= 4 is 12.2 Å². The average molecular weight is 292 g/mol. The van der Waals surface area contributed by atoms with Crippen molar-refractivity contribution in [3.05, 3.63) is 29.8 Å². The van der Waals surface area contributed by atoms with Gasteiger partial charge in [0.2, 0.25) is 0 Å². The third kappa shape index (κ3) is 7.81. The van der Waals surface area contributed by atoms with Gasteiger partial charge in [0.25, 0.3) is 0 Å². The van der Waals surface area contributed by atoms with E-state index in [1.165, 1.54) is 0 Å². The highest BCUT2D eigenvalue weighted by molar-refractivity contribution is 5.74. The van der Waals surface area contributed by atoms with Gasteiger partial charge in [0.1, 0.15) is 5.75 Å². The fourth-order valence-corrected chi connectivity index (χ4v) is 1.53. The zero-order valence-corrected chi connectivity index (χ0v) is 12.4. The Morgan fingerprint density at radius 3 is 2.33 bits per heavy atom. The maximum Gasteiger partial charge on any atom is 0.458 e. The van der Waals surface area contributed by atoms with Crippen molar-refractivity contribution in [2.75, 3.05) is 6.61 Å². The van der Waals surface area contributed by atoms with Gasteiger partial charge in [-0.25, -0.2) is 9.59 Å². The normalized spacial score (nSPS) is 10.6. The summed E-state index contributed by atoms with van der Waals surface area (Å²) >= 11 is 0. The van der Waals surface area contributed by atoms with E-state index in [4.69, 9.17) is 9.47 Å². The van der Waals surface area contributed by atoms with Crippen LogP contribution in [0.2, 0.25) is 0 Å². The molecule has 0 aliphatic heterocycles. The number of azo groups is 1. The Hall–Kier alpha value is -2.24. The molecular formula is C15H20N2O4. The van der Waals surface area contributed by atoms with E-state index >= 15 is 0 Å². The van der Waals surface area contributed by atoms with Gasteiger partial charge >= 0.3 is 12.2 Å². The van der Waals surface area contributed by atoms with Crippen molar-refractivity contribution in [1.29, 1.82) is 0 Å². The van der Waals surface area contributed by atoms with Gasteiger partial charge in [-0.05, 0) is 25.5 Å². The molecule has 6 nitrogen and oxygen atoms in total. The van der Waals surface area contributed by atoms with Gasteiger partial charge in [-0.3, -0.25) is 0 Å². The molecule has 0 atom stereocenters. The SMILES string of the molecule is CCCCCCOC(=O)/N=N/C(=O)Oc1ccc(C)cc1. The molecule has 0 N–H and O–H groups in total. The molecule has 0 heterocycles. The third-order valence-electron chi connectivity index (χ3n) is 2.66. The van der Waals surface area contributed by atoms with Crippen LogP contribution in [-0.2, 0) is 4.74 Å². The standard InChI is InChI=1S/C15H20N2O4/c1-3-4-5-6-11-20-14(18)16-17-15(19)21-13-9-7-12(2)8-10-13/h7-10H,3-6,11H2,1-2H3/b17-16+. The maximum atomic E-state index is 11.3. The van der Waals surface area contributed by atoms with E-state index in [2.05, 4.69) is 17.2 Å². The Balaban J connectivity index is 2.26. The highest BCUT2D eigenvalue weighted by atomic mass is 16.6. The second kappa shape index (κ2) is 9.63. The van der Waals surface area contributed by atoms with Gasteiger partial charge in [-0.15, -0.1) is 0 Å². The van der Waals surface area contributed by atoms with Crippen LogP contribution < -0.4 is 4.74 Å². The van der Waals surface area contributed by atoms with Crippen molar-refractivity contribution < 1.29 is 19.1 Å². The number of hydrogen-bond donors (Lipinski definition) is 0. The van der Waals surface area contributed by atoms with Crippen LogP contribution in [0.3, 0.4) is 0 Å². The van der Waals surface area contributed by atoms with E-state index < -0.39 is 12.2 Å². The number of hydrogen-bond acceptors (Lipinski definition) is 4. The molecule has 0 fully saturated rings. The second-order valence-electron chi connectivity index (χ2n) is 4.56. The monoisotopic (exact) mass is 292 g/mol. The molecule has 1 rings (SSSR count). The van der Waals surface area contributed by atoms with Crippen LogP contribution in [0, 0.1) is 6.92 Å². The Morgan fingerprint density at radius 2 is 1.67 bits per heavy atom. The molecule has 0 saturated heterocycles. The molecule has 1 aromatic rings. The van der Waals surface area contributed by atoms with Crippen molar-refractivity contribution in [3.8, 4) is 5.75 Å². The molecule has 0 unspecified atom stereocenters. The van der Waals surface area contributed by atoms with Crippen molar-refractivity contribution in [2.24, 2.45) is 10.2 Å². The molecule has 0 aliphatic rings. The topological polar surface area (TPSA) is 77.3 Å². The summed E-state index contributed by atoms with van der Waals surface area (Å²) in [6, 6.07) is 6.86.